The fraction of sp³-hybridized carbons (Fsp3) is 0.462. The number of rotatable bonds is 3. The molecule has 5 heteroatoms. The number of hydrogen-bond acceptors (Lipinski definition) is 5. The van der Waals surface area contributed by atoms with Crippen molar-refractivity contribution in [3.8, 4) is 11.5 Å². The van der Waals surface area contributed by atoms with Crippen molar-refractivity contribution in [2.75, 3.05) is 26.4 Å². The van der Waals surface area contributed by atoms with Gasteiger partial charge in [0, 0.05) is 18.7 Å². The molecule has 0 saturated carbocycles. The molecule has 1 aromatic rings. The van der Waals surface area contributed by atoms with Gasteiger partial charge in [0.15, 0.2) is 17.3 Å². The molecule has 1 N–H and O–H groups in total. The smallest absolute Gasteiger partial charge is 0.231 e. The molecule has 3 rings (SSSR count). The summed E-state index contributed by atoms with van der Waals surface area (Å²) in [6.45, 7) is 1.91. The van der Waals surface area contributed by atoms with Crippen LogP contribution in [0.5, 0.6) is 11.5 Å². The van der Waals surface area contributed by atoms with Gasteiger partial charge in [0.05, 0.1) is 12.6 Å². The Morgan fingerprint density at radius 2 is 2.22 bits per heavy atom. The summed E-state index contributed by atoms with van der Waals surface area (Å²) in [5.41, 5.74) is 0.626. The van der Waals surface area contributed by atoms with Crippen LogP contribution in [0.25, 0.3) is 0 Å². The second-order valence-electron chi connectivity index (χ2n) is 4.67. The van der Waals surface area contributed by atoms with Crippen LogP contribution < -0.4 is 9.47 Å². The van der Waals surface area contributed by atoms with Crippen molar-refractivity contribution in [1.82, 2.24) is 4.90 Å². The minimum Gasteiger partial charge on any atom is -0.454 e. The van der Waals surface area contributed by atoms with E-state index in [9.17, 15) is 9.90 Å². The molecular weight excluding hydrogens is 234 g/mol. The number of nitrogens with zero attached hydrogens (tertiary/aromatic N) is 1. The van der Waals surface area contributed by atoms with Crippen molar-refractivity contribution in [3.63, 3.8) is 0 Å². The predicted octanol–water partition coefficient (Wildman–Crippen LogP) is 0.665. The van der Waals surface area contributed by atoms with Gasteiger partial charge >= 0.3 is 0 Å². The molecule has 2 aliphatic rings. The van der Waals surface area contributed by atoms with Crippen LogP contribution >= 0.6 is 0 Å². The second-order valence-corrected chi connectivity index (χ2v) is 4.67. The van der Waals surface area contributed by atoms with Crippen molar-refractivity contribution in [3.05, 3.63) is 23.8 Å². The number of ether oxygens (including phenoxy) is 2. The van der Waals surface area contributed by atoms with Gasteiger partial charge in [0.2, 0.25) is 6.79 Å². The molecule has 1 saturated heterocycles. The number of fused-ring (bicyclic) bond motifs is 1. The highest BCUT2D eigenvalue weighted by Gasteiger charge is 2.23. The van der Waals surface area contributed by atoms with Gasteiger partial charge in [-0.2, -0.15) is 0 Å². The maximum absolute atomic E-state index is 12.1. The van der Waals surface area contributed by atoms with E-state index in [1.54, 1.807) is 18.2 Å². The first kappa shape index (κ1) is 11.5. The summed E-state index contributed by atoms with van der Waals surface area (Å²) >= 11 is 0. The molecule has 5 nitrogen and oxygen atoms in total. The number of β-amino-alcohol motifs (C(OH)–C–C–N with tert-alkyl or cyclic N) is 1. The molecule has 0 radical (unpaired) electrons. The lowest BCUT2D eigenvalue weighted by Crippen LogP contribution is -2.28. The normalized spacial score (nSPS) is 22.4. The van der Waals surface area contributed by atoms with Crippen molar-refractivity contribution in [2.24, 2.45) is 0 Å². The molecule has 1 aromatic carbocycles. The van der Waals surface area contributed by atoms with Crippen molar-refractivity contribution < 1.29 is 19.4 Å². The average molecular weight is 249 g/mol. The Kier molecular flexibility index (Phi) is 2.93. The van der Waals surface area contributed by atoms with Gasteiger partial charge in [-0.05, 0) is 24.6 Å². The molecule has 18 heavy (non-hydrogen) atoms. The summed E-state index contributed by atoms with van der Waals surface area (Å²) in [6, 6.07) is 5.23. The predicted molar refractivity (Wildman–Crippen MR) is 64.0 cm³/mol. The Hall–Kier alpha value is -1.59. The third-order valence-electron chi connectivity index (χ3n) is 3.31. The SMILES string of the molecule is O=C(CN1CCC(O)C1)c1ccc2c(c1)OCO2. The molecule has 1 unspecified atom stereocenters. The molecule has 1 fully saturated rings. The van der Waals surface area contributed by atoms with E-state index >= 15 is 0 Å². The van der Waals surface area contributed by atoms with Gasteiger partial charge in [0.1, 0.15) is 0 Å². The Labute approximate surface area is 105 Å². The fourth-order valence-electron chi connectivity index (χ4n) is 2.32. The summed E-state index contributed by atoms with van der Waals surface area (Å²) in [4.78, 5) is 14.1. The molecule has 0 spiro atoms. The van der Waals surface area contributed by atoms with Gasteiger partial charge in [-0.1, -0.05) is 0 Å². The van der Waals surface area contributed by atoms with Crippen LogP contribution in [-0.2, 0) is 0 Å². The average Bonchev–Trinajstić information content (AvgIpc) is 2.96. The van der Waals surface area contributed by atoms with Crippen LogP contribution in [0.2, 0.25) is 0 Å². The Bertz CT molecular complexity index is 474. The van der Waals surface area contributed by atoms with Gasteiger partial charge in [-0.25, -0.2) is 0 Å². The first-order valence-corrected chi connectivity index (χ1v) is 6.05. The van der Waals surface area contributed by atoms with E-state index in [1.807, 2.05) is 4.90 Å². The maximum Gasteiger partial charge on any atom is 0.231 e. The number of carbonyl (C=O) groups excluding carboxylic acids is 1. The highest BCUT2D eigenvalue weighted by Crippen LogP contribution is 2.32. The van der Waals surface area contributed by atoms with Crippen molar-refractivity contribution in [1.29, 1.82) is 0 Å². The van der Waals surface area contributed by atoms with Crippen LogP contribution in [0.4, 0.5) is 0 Å². The van der Waals surface area contributed by atoms with E-state index < -0.39 is 0 Å². The van der Waals surface area contributed by atoms with Gasteiger partial charge < -0.3 is 14.6 Å². The summed E-state index contributed by atoms with van der Waals surface area (Å²) < 4.78 is 10.5. The van der Waals surface area contributed by atoms with Crippen LogP contribution in [0.3, 0.4) is 0 Å². The minimum absolute atomic E-state index is 0.0439. The number of hydrogen-bond donors (Lipinski definition) is 1. The third-order valence-corrected chi connectivity index (χ3v) is 3.31. The summed E-state index contributed by atoms with van der Waals surface area (Å²) in [5, 5.41) is 9.42. The molecule has 0 bridgehead atoms. The van der Waals surface area contributed by atoms with Crippen LogP contribution in [0, 0.1) is 0 Å². The van der Waals surface area contributed by atoms with Crippen LogP contribution in [0.15, 0.2) is 18.2 Å². The number of aliphatic hydroxyl groups excluding tert-OH is 1. The zero-order chi connectivity index (χ0) is 12.5. The van der Waals surface area contributed by atoms with Gasteiger partial charge in [0.25, 0.3) is 0 Å². The third kappa shape index (κ3) is 2.19. The first-order chi connectivity index (χ1) is 8.72. The maximum atomic E-state index is 12.1. The standard InChI is InChI=1S/C13H15NO4/c15-10-3-4-14(6-10)7-11(16)9-1-2-12-13(5-9)18-8-17-12/h1-2,5,10,15H,3-4,6-8H2. The van der Waals surface area contributed by atoms with Gasteiger partial charge in [-0.15, -0.1) is 0 Å². The van der Waals surface area contributed by atoms with E-state index in [0.29, 0.717) is 30.2 Å². The van der Waals surface area contributed by atoms with Crippen LogP contribution in [-0.4, -0.2) is 48.3 Å². The highest BCUT2D eigenvalue weighted by molar-refractivity contribution is 5.98. The highest BCUT2D eigenvalue weighted by atomic mass is 16.7. The summed E-state index contributed by atoms with van der Waals surface area (Å²) in [7, 11) is 0. The lowest BCUT2D eigenvalue weighted by Gasteiger charge is -2.13. The quantitative estimate of drug-likeness (QED) is 0.798. The lowest BCUT2D eigenvalue weighted by molar-refractivity contribution is 0.0934. The number of aliphatic hydroxyl groups is 1. The monoisotopic (exact) mass is 249 g/mol. The number of ketones is 1. The van der Waals surface area contributed by atoms with Crippen molar-refractivity contribution in [2.45, 2.75) is 12.5 Å². The molecule has 0 aromatic heterocycles. The largest absolute Gasteiger partial charge is 0.454 e. The first-order valence-electron chi connectivity index (χ1n) is 6.05. The molecular formula is C13H15NO4. The number of carbonyl (C=O) groups is 1. The van der Waals surface area contributed by atoms with E-state index in [0.717, 1.165) is 13.0 Å². The number of likely N-dealkylation sites (tertiary alicyclic amines) is 1. The van der Waals surface area contributed by atoms with E-state index in [-0.39, 0.29) is 18.7 Å². The minimum atomic E-state index is -0.297. The van der Waals surface area contributed by atoms with Crippen molar-refractivity contribution >= 4 is 5.78 Å². The Morgan fingerprint density at radius 3 is 3.00 bits per heavy atom. The number of Topliss-reactive ketones (excluding diaryl/α,β-unsaturated/α-hetero) is 1. The molecule has 1 atom stereocenters. The molecule has 0 amide bonds. The fourth-order valence-corrected chi connectivity index (χ4v) is 2.32. The van der Waals surface area contributed by atoms with E-state index in [4.69, 9.17) is 9.47 Å². The lowest BCUT2D eigenvalue weighted by atomic mass is 10.1. The zero-order valence-electron chi connectivity index (χ0n) is 9.96. The Morgan fingerprint density at radius 1 is 1.39 bits per heavy atom. The molecule has 96 valence electrons. The second kappa shape index (κ2) is 4.59. The summed E-state index contributed by atoms with van der Waals surface area (Å²) in [5.74, 6) is 1.35. The van der Waals surface area contributed by atoms with Gasteiger partial charge in [-0.3, -0.25) is 9.69 Å². The summed E-state index contributed by atoms with van der Waals surface area (Å²) in [6.07, 6.45) is 0.448. The number of benzene rings is 1. The molecule has 0 aliphatic carbocycles. The van der Waals surface area contributed by atoms with E-state index in [1.165, 1.54) is 0 Å². The molecule has 2 heterocycles. The zero-order valence-corrected chi connectivity index (χ0v) is 9.96. The Balaban J connectivity index is 1.69. The molecule has 2 aliphatic heterocycles. The van der Waals surface area contributed by atoms with Crippen LogP contribution in [0.1, 0.15) is 16.8 Å². The topological polar surface area (TPSA) is 59.0 Å². The van der Waals surface area contributed by atoms with E-state index in [2.05, 4.69) is 0 Å².